The fraction of sp³-hybridized carbons (Fsp3) is 0.312. The molecule has 5 heteroatoms. The number of carbonyl (C=O) groups excluding carboxylic acids is 1. The third-order valence-corrected chi connectivity index (χ3v) is 4.12. The van der Waals surface area contributed by atoms with Crippen LogP contribution >= 0.6 is 0 Å². The van der Waals surface area contributed by atoms with Crippen LogP contribution in [0.2, 0.25) is 0 Å². The van der Waals surface area contributed by atoms with Crippen molar-refractivity contribution in [3.63, 3.8) is 0 Å². The van der Waals surface area contributed by atoms with Gasteiger partial charge in [0.15, 0.2) is 0 Å². The molecule has 5 nitrogen and oxygen atoms in total. The highest BCUT2D eigenvalue weighted by molar-refractivity contribution is 6.04. The summed E-state index contributed by atoms with van der Waals surface area (Å²) in [4.78, 5) is 15.7. The Balaban J connectivity index is 1.88. The van der Waals surface area contributed by atoms with Crippen LogP contribution in [-0.2, 0) is 11.3 Å². The van der Waals surface area contributed by atoms with E-state index < -0.39 is 6.04 Å². The van der Waals surface area contributed by atoms with Crippen LogP contribution in [0.15, 0.2) is 34.9 Å². The minimum Gasteiger partial charge on any atom is -0.469 e. The largest absolute Gasteiger partial charge is 0.469 e. The van der Waals surface area contributed by atoms with Gasteiger partial charge in [0, 0.05) is 37.5 Å². The average molecular weight is 285 g/mol. The lowest BCUT2D eigenvalue weighted by Gasteiger charge is -2.21. The summed E-state index contributed by atoms with van der Waals surface area (Å²) in [5, 5.41) is 0. The Hall–Kier alpha value is -2.27. The van der Waals surface area contributed by atoms with Gasteiger partial charge in [-0.15, -0.1) is 0 Å². The van der Waals surface area contributed by atoms with Gasteiger partial charge in [-0.2, -0.15) is 0 Å². The predicted octanol–water partition coefficient (Wildman–Crippen LogP) is 2.20. The van der Waals surface area contributed by atoms with Crippen LogP contribution in [-0.4, -0.2) is 20.0 Å². The Morgan fingerprint density at radius 3 is 2.81 bits per heavy atom. The van der Waals surface area contributed by atoms with E-state index in [0.717, 1.165) is 34.8 Å². The monoisotopic (exact) mass is 285 g/mol. The van der Waals surface area contributed by atoms with Gasteiger partial charge in [0.05, 0.1) is 12.0 Å². The molecule has 0 aliphatic carbocycles. The van der Waals surface area contributed by atoms with Crippen LogP contribution in [0.3, 0.4) is 0 Å². The zero-order chi connectivity index (χ0) is 15.1. The van der Waals surface area contributed by atoms with Crippen molar-refractivity contribution in [2.45, 2.75) is 19.5 Å². The lowest BCUT2D eigenvalue weighted by molar-refractivity contribution is -0.118. The molecule has 110 valence electrons. The van der Waals surface area contributed by atoms with Crippen LogP contribution in [0, 0.1) is 6.92 Å². The van der Waals surface area contributed by atoms with Gasteiger partial charge >= 0.3 is 0 Å². The number of likely N-dealkylation sites (N-methyl/N-ethyl adjacent to an activating group) is 1. The van der Waals surface area contributed by atoms with Gasteiger partial charge in [0.1, 0.15) is 11.8 Å². The number of fused-ring (bicyclic) bond motifs is 1. The molecule has 1 aliphatic heterocycles. The van der Waals surface area contributed by atoms with E-state index in [-0.39, 0.29) is 5.91 Å². The van der Waals surface area contributed by atoms with Crippen molar-refractivity contribution < 1.29 is 9.21 Å². The molecule has 1 aromatic heterocycles. The lowest BCUT2D eigenvalue weighted by Crippen LogP contribution is -2.27. The molecule has 21 heavy (non-hydrogen) atoms. The summed E-state index contributed by atoms with van der Waals surface area (Å²) in [6.45, 7) is 2.71. The summed E-state index contributed by atoms with van der Waals surface area (Å²) in [6, 6.07) is 7.39. The maximum atomic E-state index is 11.9. The maximum Gasteiger partial charge on any atom is 0.248 e. The second-order valence-corrected chi connectivity index (χ2v) is 5.48. The summed E-state index contributed by atoms with van der Waals surface area (Å²) in [5.41, 5.74) is 9.89. The molecule has 0 fully saturated rings. The Morgan fingerprint density at radius 2 is 2.14 bits per heavy atom. The smallest absolute Gasteiger partial charge is 0.248 e. The molecular weight excluding hydrogens is 266 g/mol. The first-order chi connectivity index (χ1) is 9.99. The number of benzene rings is 1. The molecule has 2 aromatic rings. The number of aryl methyl sites for hydroxylation is 1. The van der Waals surface area contributed by atoms with E-state index in [2.05, 4.69) is 4.90 Å². The van der Waals surface area contributed by atoms with Crippen LogP contribution in [0.1, 0.15) is 22.9 Å². The van der Waals surface area contributed by atoms with E-state index in [9.17, 15) is 4.79 Å². The highest BCUT2D eigenvalue weighted by Crippen LogP contribution is 2.36. The van der Waals surface area contributed by atoms with Crippen LogP contribution in [0.5, 0.6) is 0 Å². The second kappa shape index (κ2) is 4.93. The van der Waals surface area contributed by atoms with E-state index >= 15 is 0 Å². The predicted molar refractivity (Wildman–Crippen MR) is 82.3 cm³/mol. The highest BCUT2D eigenvalue weighted by atomic mass is 16.3. The van der Waals surface area contributed by atoms with Gasteiger partial charge in [0.25, 0.3) is 0 Å². The first-order valence-electron chi connectivity index (χ1n) is 6.90. The molecule has 0 saturated heterocycles. The standard InChI is InChI=1S/C16H19N3O2/c1-10-11(6-7-21-10)9-18(2)12-4-5-13-14(8-12)19(3)16(20)15(13)17/h4-8,15H,9,17H2,1-3H3. The SMILES string of the molecule is Cc1occc1CN(C)c1ccc2c(c1)N(C)C(=O)C2N. The number of anilines is 2. The van der Waals surface area contributed by atoms with Gasteiger partial charge in [-0.1, -0.05) is 6.07 Å². The summed E-state index contributed by atoms with van der Waals surface area (Å²) >= 11 is 0. The van der Waals surface area contributed by atoms with Gasteiger partial charge in [-0.3, -0.25) is 4.79 Å². The van der Waals surface area contributed by atoms with Crippen molar-refractivity contribution >= 4 is 17.3 Å². The van der Waals surface area contributed by atoms with Gasteiger partial charge < -0.3 is 20.0 Å². The lowest BCUT2D eigenvalue weighted by atomic mass is 10.1. The van der Waals surface area contributed by atoms with Crippen molar-refractivity contribution in [2.75, 3.05) is 23.9 Å². The molecule has 1 unspecified atom stereocenters. The molecule has 0 spiro atoms. The highest BCUT2D eigenvalue weighted by Gasteiger charge is 2.32. The minimum atomic E-state index is -0.541. The van der Waals surface area contributed by atoms with E-state index in [1.54, 1.807) is 18.2 Å². The van der Waals surface area contributed by atoms with Gasteiger partial charge in [0.2, 0.25) is 5.91 Å². The third kappa shape index (κ3) is 2.19. The second-order valence-electron chi connectivity index (χ2n) is 5.48. The van der Waals surface area contributed by atoms with Gasteiger partial charge in [-0.05, 0) is 25.1 Å². The molecule has 2 heterocycles. The van der Waals surface area contributed by atoms with Crippen LogP contribution in [0.4, 0.5) is 11.4 Å². The normalized spacial score (nSPS) is 17.2. The number of carbonyl (C=O) groups is 1. The fourth-order valence-corrected chi connectivity index (χ4v) is 2.71. The van der Waals surface area contributed by atoms with Crippen molar-refractivity contribution in [2.24, 2.45) is 5.73 Å². The number of nitrogens with two attached hydrogens (primary N) is 1. The first kappa shape index (κ1) is 13.7. The zero-order valence-electron chi connectivity index (χ0n) is 12.5. The summed E-state index contributed by atoms with van der Waals surface area (Å²) in [5.74, 6) is 0.868. The van der Waals surface area contributed by atoms with Crippen LogP contribution < -0.4 is 15.5 Å². The molecule has 2 N–H and O–H groups in total. The van der Waals surface area contributed by atoms with Gasteiger partial charge in [-0.25, -0.2) is 0 Å². The Kier molecular flexibility index (Phi) is 3.22. The molecule has 1 aromatic carbocycles. The number of furan rings is 1. The molecule has 1 amide bonds. The molecule has 0 bridgehead atoms. The Labute approximate surface area is 123 Å². The number of hydrogen-bond acceptors (Lipinski definition) is 4. The minimum absolute atomic E-state index is 0.0597. The average Bonchev–Trinajstić information content (AvgIpc) is 2.97. The molecule has 3 rings (SSSR count). The van der Waals surface area contributed by atoms with E-state index in [1.807, 2.05) is 38.2 Å². The molecule has 1 atom stereocenters. The number of nitrogens with zero attached hydrogens (tertiary/aromatic N) is 2. The van der Waals surface area contributed by atoms with Crippen molar-refractivity contribution in [3.05, 3.63) is 47.4 Å². The first-order valence-corrected chi connectivity index (χ1v) is 6.90. The number of amides is 1. The summed E-state index contributed by atoms with van der Waals surface area (Å²) < 4.78 is 5.32. The fourth-order valence-electron chi connectivity index (χ4n) is 2.71. The third-order valence-electron chi connectivity index (χ3n) is 4.12. The van der Waals surface area contributed by atoms with Crippen molar-refractivity contribution in [1.29, 1.82) is 0 Å². The van der Waals surface area contributed by atoms with Crippen molar-refractivity contribution in [1.82, 2.24) is 0 Å². The van der Waals surface area contributed by atoms with E-state index in [1.165, 1.54) is 0 Å². The molecule has 0 radical (unpaired) electrons. The zero-order valence-corrected chi connectivity index (χ0v) is 12.5. The Morgan fingerprint density at radius 1 is 1.38 bits per heavy atom. The van der Waals surface area contributed by atoms with E-state index in [4.69, 9.17) is 10.2 Å². The molecule has 0 saturated carbocycles. The maximum absolute atomic E-state index is 11.9. The quantitative estimate of drug-likeness (QED) is 0.939. The number of rotatable bonds is 3. The van der Waals surface area contributed by atoms with E-state index in [0.29, 0.717) is 0 Å². The van der Waals surface area contributed by atoms with Crippen molar-refractivity contribution in [3.8, 4) is 0 Å². The number of hydrogen-bond donors (Lipinski definition) is 1. The topological polar surface area (TPSA) is 62.7 Å². The molecular formula is C16H19N3O2. The summed E-state index contributed by atoms with van der Waals surface area (Å²) in [6.07, 6.45) is 1.70. The summed E-state index contributed by atoms with van der Waals surface area (Å²) in [7, 11) is 3.78. The Bertz CT molecular complexity index is 693. The molecule has 1 aliphatic rings. The van der Waals surface area contributed by atoms with Crippen LogP contribution in [0.25, 0.3) is 0 Å².